The van der Waals surface area contributed by atoms with Gasteiger partial charge < -0.3 is 9.72 Å². The second kappa shape index (κ2) is 3.68. The fourth-order valence-electron chi connectivity index (χ4n) is 1.86. The molecular weight excluding hydrogens is 208 g/mol. The van der Waals surface area contributed by atoms with E-state index in [9.17, 15) is 0 Å². The minimum absolute atomic E-state index is 0.372. The first-order valence-electron chi connectivity index (χ1n) is 5.12. The molecule has 1 N–H and O–H groups in total. The Hall–Kier alpha value is -0.740. The Balaban J connectivity index is 2.29. The van der Waals surface area contributed by atoms with Crippen molar-refractivity contribution < 1.29 is 4.74 Å². The molecule has 1 aromatic heterocycles. The summed E-state index contributed by atoms with van der Waals surface area (Å²) in [5, 5.41) is 0. The van der Waals surface area contributed by atoms with Crippen molar-refractivity contribution >= 4 is 12.2 Å². The fraction of sp³-hybridized carbons (Fsp3) is 0.636. The van der Waals surface area contributed by atoms with Crippen LogP contribution < -0.4 is 0 Å². The highest BCUT2D eigenvalue weighted by Crippen LogP contribution is 2.57. The highest BCUT2D eigenvalue weighted by molar-refractivity contribution is 7.71. The summed E-state index contributed by atoms with van der Waals surface area (Å²) in [6.07, 6.45) is 1.18. The van der Waals surface area contributed by atoms with E-state index in [1.54, 1.807) is 7.11 Å². The minimum atomic E-state index is 0.372. The van der Waals surface area contributed by atoms with Crippen molar-refractivity contribution in [1.29, 1.82) is 0 Å². The Labute approximate surface area is 94.9 Å². The van der Waals surface area contributed by atoms with Crippen molar-refractivity contribution in [3.05, 3.63) is 22.2 Å². The molecule has 0 saturated heterocycles. The third-order valence-electron chi connectivity index (χ3n) is 2.96. The van der Waals surface area contributed by atoms with Gasteiger partial charge in [0.25, 0.3) is 0 Å². The van der Waals surface area contributed by atoms with Crippen molar-refractivity contribution in [2.24, 2.45) is 5.41 Å². The van der Waals surface area contributed by atoms with Crippen LogP contribution in [0.3, 0.4) is 0 Å². The first-order valence-corrected chi connectivity index (χ1v) is 5.53. The van der Waals surface area contributed by atoms with E-state index in [2.05, 4.69) is 23.8 Å². The van der Waals surface area contributed by atoms with E-state index in [1.165, 1.54) is 6.42 Å². The lowest BCUT2D eigenvalue weighted by molar-refractivity contribution is 0.181. The topological polar surface area (TPSA) is 37.9 Å². The van der Waals surface area contributed by atoms with Crippen LogP contribution in [0.5, 0.6) is 0 Å². The molecular formula is C11H16N2OS. The Morgan fingerprint density at radius 1 is 1.67 bits per heavy atom. The van der Waals surface area contributed by atoms with Crippen LogP contribution in [0.25, 0.3) is 0 Å². The van der Waals surface area contributed by atoms with E-state index < -0.39 is 0 Å². The molecule has 15 heavy (non-hydrogen) atoms. The molecule has 1 fully saturated rings. The number of methoxy groups -OCH3 is 1. The summed E-state index contributed by atoms with van der Waals surface area (Å²) in [4.78, 5) is 7.68. The Kier molecular flexibility index (Phi) is 2.64. The van der Waals surface area contributed by atoms with E-state index in [-0.39, 0.29) is 0 Å². The summed E-state index contributed by atoms with van der Waals surface area (Å²) >= 11 is 5.14. The third kappa shape index (κ3) is 2.26. The van der Waals surface area contributed by atoms with E-state index in [4.69, 9.17) is 17.0 Å². The third-order valence-corrected chi connectivity index (χ3v) is 3.17. The molecule has 0 aliphatic heterocycles. The summed E-state index contributed by atoms with van der Waals surface area (Å²) in [5.74, 6) is 1.54. The van der Waals surface area contributed by atoms with Crippen molar-refractivity contribution in [3.63, 3.8) is 0 Å². The fourth-order valence-corrected chi connectivity index (χ4v) is 2.10. The maximum Gasteiger partial charge on any atom is 0.130 e. The van der Waals surface area contributed by atoms with Crippen LogP contribution in [0.1, 0.15) is 37.7 Å². The van der Waals surface area contributed by atoms with Crippen LogP contribution in [0.4, 0.5) is 0 Å². The first-order chi connectivity index (χ1) is 7.03. The number of rotatable bonds is 3. The van der Waals surface area contributed by atoms with Gasteiger partial charge in [-0.2, -0.15) is 0 Å². The van der Waals surface area contributed by atoms with Gasteiger partial charge in [-0.05, 0) is 17.9 Å². The first kappa shape index (κ1) is 10.8. The molecule has 1 atom stereocenters. The summed E-state index contributed by atoms with van der Waals surface area (Å²) in [6.45, 7) is 5.06. The van der Waals surface area contributed by atoms with Crippen LogP contribution in [0.2, 0.25) is 0 Å². The van der Waals surface area contributed by atoms with Gasteiger partial charge in [-0.3, -0.25) is 0 Å². The molecule has 1 heterocycles. The van der Waals surface area contributed by atoms with Gasteiger partial charge in [0.2, 0.25) is 0 Å². The van der Waals surface area contributed by atoms with Gasteiger partial charge >= 0.3 is 0 Å². The average molecular weight is 224 g/mol. The zero-order valence-electron chi connectivity index (χ0n) is 9.33. The van der Waals surface area contributed by atoms with Gasteiger partial charge in [0.1, 0.15) is 10.5 Å². The molecule has 2 rings (SSSR count). The molecule has 1 aliphatic carbocycles. The predicted octanol–water partition coefficient (Wildman–Crippen LogP) is 2.80. The molecule has 0 aromatic carbocycles. The molecule has 4 heteroatoms. The highest BCUT2D eigenvalue weighted by atomic mass is 32.1. The number of ether oxygens (including phenoxy) is 1. The van der Waals surface area contributed by atoms with Crippen LogP contribution in [-0.4, -0.2) is 17.1 Å². The molecule has 0 radical (unpaired) electrons. The second-order valence-electron chi connectivity index (χ2n) is 4.81. The van der Waals surface area contributed by atoms with Gasteiger partial charge in [-0.15, -0.1) is 0 Å². The second-order valence-corrected chi connectivity index (χ2v) is 5.23. The van der Waals surface area contributed by atoms with Gasteiger partial charge in [0, 0.05) is 18.7 Å². The smallest absolute Gasteiger partial charge is 0.130 e. The lowest BCUT2D eigenvalue weighted by Gasteiger charge is -2.06. The molecule has 3 nitrogen and oxygen atoms in total. The molecule has 1 saturated carbocycles. The molecule has 0 bridgehead atoms. The molecule has 0 spiro atoms. The number of aromatic nitrogens is 2. The maximum absolute atomic E-state index is 5.14. The Morgan fingerprint density at radius 3 is 2.87 bits per heavy atom. The van der Waals surface area contributed by atoms with Crippen molar-refractivity contribution in [2.75, 3.05) is 7.11 Å². The predicted molar refractivity (Wildman–Crippen MR) is 61.3 cm³/mol. The van der Waals surface area contributed by atoms with E-state index in [0.717, 1.165) is 11.5 Å². The molecule has 82 valence electrons. The normalized spacial score (nSPS) is 22.7. The van der Waals surface area contributed by atoms with Gasteiger partial charge in [0.15, 0.2) is 0 Å². The van der Waals surface area contributed by atoms with Gasteiger partial charge in [-0.1, -0.05) is 26.1 Å². The summed E-state index contributed by atoms with van der Waals surface area (Å²) < 4.78 is 5.74. The lowest BCUT2D eigenvalue weighted by atomic mass is 10.1. The minimum Gasteiger partial charge on any atom is -0.378 e. The van der Waals surface area contributed by atoms with Crippen molar-refractivity contribution in [2.45, 2.75) is 32.8 Å². The summed E-state index contributed by atoms with van der Waals surface area (Å²) in [6, 6.07) is 1.86. The number of nitrogens with zero attached hydrogens (tertiary/aromatic N) is 1. The summed E-state index contributed by atoms with van der Waals surface area (Å²) in [5.41, 5.74) is 1.38. The molecule has 1 aromatic rings. The molecule has 1 unspecified atom stereocenters. The van der Waals surface area contributed by atoms with Crippen molar-refractivity contribution in [3.8, 4) is 0 Å². The van der Waals surface area contributed by atoms with E-state index >= 15 is 0 Å². The van der Waals surface area contributed by atoms with Gasteiger partial charge in [0.05, 0.1) is 6.61 Å². The van der Waals surface area contributed by atoms with E-state index in [1.807, 2.05) is 6.07 Å². The Bertz CT molecular complexity index is 425. The quantitative estimate of drug-likeness (QED) is 0.802. The van der Waals surface area contributed by atoms with E-state index in [0.29, 0.717) is 22.6 Å². The summed E-state index contributed by atoms with van der Waals surface area (Å²) in [7, 11) is 1.68. The standard InChI is InChI=1S/C11H16N2OS/c1-11(2)5-8(11)10-12-7(6-14-3)4-9(15)13-10/h4,8H,5-6H2,1-3H3,(H,12,13,15). The van der Waals surface area contributed by atoms with Crippen LogP contribution in [0, 0.1) is 10.1 Å². The van der Waals surface area contributed by atoms with Crippen LogP contribution in [-0.2, 0) is 11.3 Å². The SMILES string of the molecule is COCc1cc(=S)nc(C2CC2(C)C)[nH]1. The number of nitrogens with one attached hydrogen (secondary N) is 1. The zero-order valence-corrected chi connectivity index (χ0v) is 10.1. The average Bonchev–Trinajstić information content (AvgIpc) is 2.75. The lowest BCUT2D eigenvalue weighted by Crippen LogP contribution is -2.02. The maximum atomic E-state index is 5.14. The Morgan fingerprint density at radius 2 is 2.33 bits per heavy atom. The molecule has 0 amide bonds. The van der Waals surface area contributed by atoms with Crippen LogP contribution >= 0.6 is 12.2 Å². The van der Waals surface area contributed by atoms with Gasteiger partial charge in [-0.25, -0.2) is 4.98 Å². The molecule has 1 aliphatic rings. The number of aromatic amines is 1. The monoisotopic (exact) mass is 224 g/mol. The number of hydrogen-bond acceptors (Lipinski definition) is 3. The zero-order chi connectivity index (χ0) is 11.1. The highest BCUT2D eigenvalue weighted by Gasteiger charge is 2.48. The largest absolute Gasteiger partial charge is 0.378 e. The van der Waals surface area contributed by atoms with Crippen molar-refractivity contribution in [1.82, 2.24) is 9.97 Å². The number of H-pyrrole nitrogens is 1. The number of hydrogen-bond donors (Lipinski definition) is 1. The van der Waals surface area contributed by atoms with Crippen LogP contribution in [0.15, 0.2) is 6.07 Å².